The van der Waals surface area contributed by atoms with Crippen molar-refractivity contribution in [2.24, 2.45) is 29.4 Å². The molecule has 206 valence electrons. The molecular weight excluding hydrogens is 480 g/mol. The summed E-state index contributed by atoms with van der Waals surface area (Å²) >= 11 is 0. The zero-order valence-electron chi connectivity index (χ0n) is 22.8. The number of nitrogens with two attached hydrogens (primary N) is 1. The Bertz CT molecular complexity index is 1040. The number of carbonyl (C=O) groups is 3. The van der Waals surface area contributed by atoms with Gasteiger partial charge in [0.1, 0.15) is 0 Å². The second-order valence-electron chi connectivity index (χ2n) is 10.5. The summed E-state index contributed by atoms with van der Waals surface area (Å²) in [5, 5.41) is 10.7. The van der Waals surface area contributed by atoms with Gasteiger partial charge in [-0.05, 0) is 42.2 Å². The molecule has 0 aromatic heterocycles. The first-order valence-electron chi connectivity index (χ1n) is 13.2. The van der Waals surface area contributed by atoms with E-state index < -0.39 is 35.6 Å². The molecule has 0 aliphatic heterocycles. The predicted molar refractivity (Wildman–Crippen MR) is 149 cm³/mol. The highest BCUT2D eigenvalue weighted by Gasteiger charge is 2.35. The van der Waals surface area contributed by atoms with Crippen molar-refractivity contribution < 1.29 is 19.6 Å². The molecule has 38 heavy (non-hydrogen) atoms. The largest absolute Gasteiger partial charge is 0.320 e. The van der Waals surface area contributed by atoms with Gasteiger partial charge in [0.05, 0.1) is 17.9 Å². The van der Waals surface area contributed by atoms with Gasteiger partial charge in [-0.2, -0.15) is 0 Å². The molecule has 0 unspecified atom stereocenters. The fourth-order valence-corrected chi connectivity index (χ4v) is 4.34. The van der Waals surface area contributed by atoms with Gasteiger partial charge < -0.3 is 5.73 Å². The van der Waals surface area contributed by atoms with Crippen LogP contribution in [0.25, 0.3) is 6.08 Å². The molecule has 2 rings (SSSR count). The van der Waals surface area contributed by atoms with Crippen molar-refractivity contribution in [2.75, 3.05) is 6.54 Å². The molecule has 0 fully saturated rings. The van der Waals surface area contributed by atoms with E-state index in [2.05, 4.69) is 5.43 Å². The molecule has 5 N–H and O–H groups in total. The van der Waals surface area contributed by atoms with Gasteiger partial charge in [-0.15, -0.1) is 0 Å². The molecule has 2 aromatic rings. The van der Waals surface area contributed by atoms with Crippen LogP contribution in [0.5, 0.6) is 0 Å². The highest BCUT2D eigenvalue weighted by atomic mass is 16.5. The molecule has 2 aromatic carbocycles. The maximum atomic E-state index is 13.6. The Morgan fingerprint density at radius 2 is 1.50 bits per heavy atom. The van der Waals surface area contributed by atoms with E-state index in [1.807, 2.05) is 101 Å². The average molecular weight is 523 g/mol. The lowest BCUT2D eigenvalue weighted by Gasteiger charge is -2.32. The smallest absolute Gasteiger partial charge is 0.258 e. The van der Waals surface area contributed by atoms with Gasteiger partial charge in [0, 0.05) is 6.54 Å². The summed E-state index contributed by atoms with van der Waals surface area (Å²) < 4.78 is 0. The Labute approximate surface area is 226 Å². The SMILES string of the molecule is CC(C)C[C@@H](C(=O)NN(CC(C)C)C(=O)[C@H](N)Cc1ccccc1)[C@H](C/C=C/c1ccccc1)C(=O)NO. The summed E-state index contributed by atoms with van der Waals surface area (Å²) in [5.41, 5.74) is 12.6. The van der Waals surface area contributed by atoms with Gasteiger partial charge in [-0.3, -0.25) is 30.0 Å². The first-order chi connectivity index (χ1) is 18.1. The number of hydrogen-bond acceptors (Lipinski definition) is 5. The summed E-state index contributed by atoms with van der Waals surface area (Å²) in [5.74, 6) is -2.96. The van der Waals surface area contributed by atoms with Crippen LogP contribution in [-0.2, 0) is 20.8 Å². The van der Waals surface area contributed by atoms with Crippen LogP contribution in [-0.4, -0.2) is 40.5 Å². The normalized spacial score (nSPS) is 13.8. The van der Waals surface area contributed by atoms with Crippen LogP contribution < -0.4 is 16.6 Å². The van der Waals surface area contributed by atoms with E-state index in [1.54, 1.807) is 5.48 Å². The second-order valence-corrected chi connectivity index (χ2v) is 10.5. The molecule has 3 atom stereocenters. The minimum Gasteiger partial charge on any atom is -0.320 e. The van der Waals surface area contributed by atoms with E-state index in [-0.39, 0.29) is 24.8 Å². The number of hydrazine groups is 1. The minimum absolute atomic E-state index is 0.0667. The van der Waals surface area contributed by atoms with Crippen LogP contribution in [0.15, 0.2) is 66.7 Å². The number of hydroxylamine groups is 1. The van der Waals surface area contributed by atoms with Gasteiger partial charge in [0.2, 0.25) is 11.8 Å². The number of nitrogens with one attached hydrogen (secondary N) is 2. The molecule has 0 saturated heterocycles. The molecule has 3 amide bonds. The lowest BCUT2D eigenvalue weighted by Crippen LogP contribution is -2.56. The number of carbonyl (C=O) groups excluding carboxylic acids is 3. The van der Waals surface area contributed by atoms with Crippen molar-refractivity contribution in [2.45, 2.75) is 53.0 Å². The minimum atomic E-state index is -0.842. The van der Waals surface area contributed by atoms with Crippen molar-refractivity contribution >= 4 is 23.8 Å². The fraction of sp³-hybridized carbons (Fsp3) is 0.433. The number of hydrogen-bond donors (Lipinski definition) is 4. The van der Waals surface area contributed by atoms with E-state index in [0.717, 1.165) is 11.1 Å². The van der Waals surface area contributed by atoms with Gasteiger partial charge in [0.15, 0.2) is 0 Å². The van der Waals surface area contributed by atoms with Crippen molar-refractivity contribution in [3.8, 4) is 0 Å². The van der Waals surface area contributed by atoms with Gasteiger partial charge in [0.25, 0.3) is 5.91 Å². The lowest BCUT2D eigenvalue weighted by molar-refractivity contribution is -0.148. The monoisotopic (exact) mass is 522 g/mol. The van der Waals surface area contributed by atoms with Crippen molar-refractivity contribution in [1.29, 1.82) is 0 Å². The third-order valence-electron chi connectivity index (χ3n) is 6.17. The number of nitrogens with zero attached hydrogens (tertiary/aromatic N) is 1. The standard InChI is InChI=1S/C30H42N4O4/c1-21(2)18-26(25(29(36)33-38)17-11-16-23-12-7-5-8-13-23)28(35)32-34(20-22(3)4)30(37)27(31)19-24-14-9-6-10-15-24/h5-16,21-22,25-27,38H,17-20,31H2,1-4H3,(H,32,35)(H,33,36)/b16-11+/t25-,26+,27+/m0/s1. The molecule has 0 aliphatic carbocycles. The van der Waals surface area contributed by atoms with E-state index in [1.165, 1.54) is 5.01 Å². The van der Waals surface area contributed by atoms with Gasteiger partial charge >= 0.3 is 0 Å². The summed E-state index contributed by atoms with van der Waals surface area (Å²) in [6.07, 6.45) is 4.65. The summed E-state index contributed by atoms with van der Waals surface area (Å²) in [4.78, 5) is 39.6. The molecule has 0 heterocycles. The molecule has 8 heteroatoms. The van der Waals surface area contributed by atoms with Crippen LogP contribution in [0, 0.1) is 23.7 Å². The Hall–Kier alpha value is -3.49. The topological polar surface area (TPSA) is 125 Å². The molecule has 0 bridgehead atoms. The zero-order valence-corrected chi connectivity index (χ0v) is 22.8. The van der Waals surface area contributed by atoms with E-state index in [0.29, 0.717) is 12.8 Å². The van der Waals surface area contributed by atoms with E-state index in [4.69, 9.17) is 5.73 Å². The summed E-state index contributed by atoms with van der Waals surface area (Å²) in [7, 11) is 0. The highest BCUT2D eigenvalue weighted by molar-refractivity contribution is 5.90. The van der Waals surface area contributed by atoms with Crippen LogP contribution in [0.3, 0.4) is 0 Å². The molecule has 0 spiro atoms. The van der Waals surface area contributed by atoms with E-state index >= 15 is 0 Å². The maximum absolute atomic E-state index is 13.6. The quantitative estimate of drug-likeness (QED) is 0.234. The summed E-state index contributed by atoms with van der Waals surface area (Å²) in [6.45, 7) is 8.07. The van der Waals surface area contributed by atoms with Crippen LogP contribution in [0.1, 0.15) is 51.7 Å². The van der Waals surface area contributed by atoms with Crippen LogP contribution in [0.2, 0.25) is 0 Å². The van der Waals surface area contributed by atoms with E-state index in [9.17, 15) is 19.6 Å². The first kappa shape index (κ1) is 30.7. The van der Waals surface area contributed by atoms with Crippen LogP contribution >= 0.6 is 0 Å². The number of amides is 3. The number of benzene rings is 2. The van der Waals surface area contributed by atoms with Gasteiger partial charge in [-0.1, -0.05) is 101 Å². The number of allylic oxidation sites excluding steroid dienone is 1. The third kappa shape index (κ3) is 10.1. The Kier molecular flexibility index (Phi) is 12.7. The van der Waals surface area contributed by atoms with Gasteiger partial charge in [-0.25, -0.2) is 5.48 Å². The van der Waals surface area contributed by atoms with Crippen molar-refractivity contribution in [3.05, 3.63) is 77.9 Å². The predicted octanol–water partition coefficient (Wildman–Crippen LogP) is 3.96. The Morgan fingerprint density at radius 1 is 0.895 bits per heavy atom. The van der Waals surface area contributed by atoms with Crippen molar-refractivity contribution in [1.82, 2.24) is 15.9 Å². The lowest BCUT2D eigenvalue weighted by atomic mass is 9.82. The maximum Gasteiger partial charge on any atom is 0.258 e. The Balaban J connectivity index is 2.25. The highest BCUT2D eigenvalue weighted by Crippen LogP contribution is 2.26. The average Bonchev–Trinajstić information content (AvgIpc) is 2.89. The molecule has 8 nitrogen and oxygen atoms in total. The number of rotatable bonds is 13. The molecule has 0 aliphatic rings. The first-order valence-corrected chi connectivity index (χ1v) is 13.2. The Morgan fingerprint density at radius 3 is 2.05 bits per heavy atom. The zero-order chi connectivity index (χ0) is 28.1. The van der Waals surface area contributed by atoms with Crippen molar-refractivity contribution in [3.63, 3.8) is 0 Å². The molecule has 0 radical (unpaired) electrons. The molecular formula is C30H42N4O4. The second kappa shape index (κ2) is 15.7. The fourth-order valence-electron chi connectivity index (χ4n) is 4.34. The van der Waals surface area contributed by atoms with Crippen LogP contribution in [0.4, 0.5) is 0 Å². The molecule has 0 saturated carbocycles. The third-order valence-corrected chi connectivity index (χ3v) is 6.17. The summed E-state index contributed by atoms with van der Waals surface area (Å²) in [6, 6.07) is 18.2.